The van der Waals surface area contributed by atoms with E-state index in [0.29, 0.717) is 18.5 Å². The summed E-state index contributed by atoms with van der Waals surface area (Å²) in [5.41, 5.74) is 0.560. The summed E-state index contributed by atoms with van der Waals surface area (Å²) in [4.78, 5) is 26.8. The van der Waals surface area contributed by atoms with Crippen molar-refractivity contribution in [1.29, 1.82) is 0 Å². The van der Waals surface area contributed by atoms with Crippen LogP contribution in [0.4, 0.5) is 5.69 Å². The quantitative estimate of drug-likeness (QED) is 0.490. The van der Waals surface area contributed by atoms with Crippen LogP contribution < -0.4 is 5.32 Å². The Labute approximate surface area is 138 Å². The number of nitro groups is 1. The first-order valence-corrected chi connectivity index (χ1v) is 7.59. The molecule has 0 aliphatic heterocycles. The number of aryl methyl sites for hydroxylation is 1. The second kappa shape index (κ2) is 8.16. The lowest BCUT2D eigenvalue weighted by atomic mass is 10.0. The molecule has 1 unspecified atom stereocenters. The highest BCUT2D eigenvalue weighted by Gasteiger charge is 2.28. The number of aromatic nitrogens is 3. The van der Waals surface area contributed by atoms with E-state index < -0.39 is 10.8 Å². The van der Waals surface area contributed by atoms with Crippen molar-refractivity contribution in [2.75, 3.05) is 13.2 Å². The molecule has 0 saturated carbocycles. The minimum absolute atomic E-state index is 0.119. The molecule has 0 saturated heterocycles. The number of amides is 1. The van der Waals surface area contributed by atoms with Gasteiger partial charge in [-0.2, -0.15) is 5.10 Å². The monoisotopic (exact) mass is 333 g/mol. The van der Waals surface area contributed by atoms with Gasteiger partial charge < -0.3 is 10.4 Å². The van der Waals surface area contributed by atoms with E-state index in [0.717, 1.165) is 5.56 Å². The van der Waals surface area contributed by atoms with Crippen molar-refractivity contribution >= 4 is 11.6 Å². The number of rotatable bonds is 8. The zero-order valence-corrected chi connectivity index (χ0v) is 13.2. The maximum Gasteiger partial charge on any atom is 0.322 e. The van der Waals surface area contributed by atoms with Crippen molar-refractivity contribution in [3.63, 3.8) is 0 Å². The van der Waals surface area contributed by atoms with E-state index in [1.165, 1.54) is 0 Å². The zero-order chi connectivity index (χ0) is 17.5. The highest BCUT2D eigenvalue weighted by atomic mass is 16.6. The number of pyridine rings is 1. The standard InChI is InChI=1S/C15H19N5O4/c1-2-4-12-14(20(23)24)13(19-18-12)15(22)17-8-11(9-21)10-5-3-6-16-7-10/h3,5-7,11,21H,2,4,8-9H2,1H3,(H,17,22)(H,18,19). The van der Waals surface area contributed by atoms with Crippen LogP contribution in [0, 0.1) is 10.1 Å². The van der Waals surface area contributed by atoms with Crippen molar-refractivity contribution in [2.24, 2.45) is 0 Å². The van der Waals surface area contributed by atoms with E-state index in [9.17, 15) is 20.0 Å². The number of hydrogen-bond donors (Lipinski definition) is 3. The number of hydrogen-bond acceptors (Lipinski definition) is 6. The Morgan fingerprint density at radius 2 is 2.33 bits per heavy atom. The maximum absolute atomic E-state index is 12.2. The Balaban J connectivity index is 2.11. The fraction of sp³-hybridized carbons (Fsp3) is 0.400. The predicted molar refractivity (Wildman–Crippen MR) is 85.6 cm³/mol. The first-order valence-electron chi connectivity index (χ1n) is 7.59. The van der Waals surface area contributed by atoms with Gasteiger partial charge in [-0.3, -0.25) is 25.0 Å². The van der Waals surface area contributed by atoms with Crippen LogP contribution in [0.2, 0.25) is 0 Å². The lowest BCUT2D eigenvalue weighted by Crippen LogP contribution is -2.30. The van der Waals surface area contributed by atoms with Crippen LogP contribution in [0.25, 0.3) is 0 Å². The molecular weight excluding hydrogens is 314 g/mol. The molecule has 9 nitrogen and oxygen atoms in total. The molecule has 0 radical (unpaired) electrons. The number of H-pyrrole nitrogens is 1. The minimum Gasteiger partial charge on any atom is -0.396 e. The van der Waals surface area contributed by atoms with E-state index in [4.69, 9.17) is 0 Å². The van der Waals surface area contributed by atoms with Crippen LogP contribution >= 0.6 is 0 Å². The molecule has 2 aromatic rings. The molecule has 128 valence electrons. The molecule has 0 aliphatic carbocycles. The maximum atomic E-state index is 12.2. The van der Waals surface area contributed by atoms with Crippen molar-refractivity contribution in [3.05, 3.63) is 51.6 Å². The summed E-state index contributed by atoms with van der Waals surface area (Å²) in [6.07, 6.45) is 4.34. The molecule has 0 bridgehead atoms. The van der Waals surface area contributed by atoms with E-state index in [1.807, 2.05) is 6.92 Å². The largest absolute Gasteiger partial charge is 0.396 e. The van der Waals surface area contributed by atoms with Crippen LogP contribution in [0.15, 0.2) is 24.5 Å². The first-order chi connectivity index (χ1) is 11.6. The molecule has 24 heavy (non-hydrogen) atoms. The fourth-order valence-electron chi connectivity index (χ4n) is 2.36. The number of nitrogens with one attached hydrogen (secondary N) is 2. The van der Waals surface area contributed by atoms with Crippen molar-refractivity contribution in [3.8, 4) is 0 Å². The van der Waals surface area contributed by atoms with E-state index in [2.05, 4.69) is 20.5 Å². The van der Waals surface area contributed by atoms with Gasteiger partial charge in [0.2, 0.25) is 5.69 Å². The van der Waals surface area contributed by atoms with Crippen molar-refractivity contribution in [1.82, 2.24) is 20.5 Å². The van der Waals surface area contributed by atoms with Crippen molar-refractivity contribution < 1.29 is 14.8 Å². The zero-order valence-electron chi connectivity index (χ0n) is 13.2. The van der Waals surface area contributed by atoms with Gasteiger partial charge in [0.15, 0.2) is 0 Å². The topological polar surface area (TPSA) is 134 Å². The summed E-state index contributed by atoms with van der Waals surface area (Å²) in [5.74, 6) is -1.00. The number of carbonyl (C=O) groups is 1. The molecule has 0 spiro atoms. The summed E-state index contributed by atoms with van der Waals surface area (Å²) in [6, 6.07) is 3.52. The SMILES string of the molecule is CCCc1[nH]nc(C(=O)NCC(CO)c2cccnc2)c1[N+](=O)[O-]. The smallest absolute Gasteiger partial charge is 0.322 e. The lowest BCUT2D eigenvalue weighted by Gasteiger charge is -2.14. The molecule has 0 fully saturated rings. The second-order valence-corrected chi connectivity index (χ2v) is 5.28. The number of aliphatic hydroxyl groups excluding tert-OH is 1. The van der Waals surface area contributed by atoms with Crippen LogP contribution in [-0.4, -0.2) is 44.3 Å². The molecule has 0 aromatic carbocycles. The summed E-state index contributed by atoms with van der Waals surface area (Å²) in [5, 5.41) is 29.6. The second-order valence-electron chi connectivity index (χ2n) is 5.28. The average Bonchev–Trinajstić information content (AvgIpc) is 3.00. The highest BCUT2D eigenvalue weighted by Crippen LogP contribution is 2.22. The van der Waals surface area contributed by atoms with Gasteiger partial charge in [-0.1, -0.05) is 19.4 Å². The molecule has 3 N–H and O–H groups in total. The Morgan fingerprint density at radius 1 is 1.54 bits per heavy atom. The molecule has 9 heteroatoms. The van der Waals surface area contributed by atoms with Crippen LogP contribution in [-0.2, 0) is 6.42 Å². The Morgan fingerprint density at radius 3 is 2.92 bits per heavy atom. The highest BCUT2D eigenvalue weighted by molar-refractivity contribution is 5.96. The molecular formula is C15H19N5O4. The van der Waals surface area contributed by atoms with Gasteiger partial charge in [0.1, 0.15) is 5.69 Å². The number of aliphatic hydroxyl groups is 1. The van der Waals surface area contributed by atoms with Crippen LogP contribution in [0.3, 0.4) is 0 Å². The minimum atomic E-state index is -0.650. The van der Waals surface area contributed by atoms with Crippen LogP contribution in [0.5, 0.6) is 0 Å². The molecule has 0 aliphatic rings. The van der Waals surface area contributed by atoms with Crippen molar-refractivity contribution in [2.45, 2.75) is 25.7 Å². The third-order valence-electron chi connectivity index (χ3n) is 3.60. The summed E-state index contributed by atoms with van der Waals surface area (Å²) in [7, 11) is 0. The number of carbonyl (C=O) groups excluding carboxylic acids is 1. The van der Waals surface area contributed by atoms with Gasteiger partial charge in [0.25, 0.3) is 5.91 Å². The molecule has 2 rings (SSSR count). The van der Waals surface area contributed by atoms with Gasteiger partial charge in [0.05, 0.1) is 11.5 Å². The molecule has 1 amide bonds. The van der Waals surface area contributed by atoms with Gasteiger partial charge >= 0.3 is 5.69 Å². The van der Waals surface area contributed by atoms with E-state index in [1.54, 1.807) is 24.5 Å². The predicted octanol–water partition coefficient (Wildman–Crippen LogP) is 1.17. The molecule has 2 aromatic heterocycles. The average molecular weight is 333 g/mol. The third-order valence-corrected chi connectivity index (χ3v) is 3.60. The molecule has 2 heterocycles. The number of nitrogens with zero attached hydrogens (tertiary/aromatic N) is 3. The third kappa shape index (κ3) is 3.93. The fourth-order valence-corrected chi connectivity index (χ4v) is 2.36. The summed E-state index contributed by atoms with van der Waals surface area (Å²) < 4.78 is 0. The van der Waals surface area contributed by atoms with Gasteiger partial charge in [-0.25, -0.2) is 0 Å². The molecule has 1 atom stereocenters. The Bertz CT molecular complexity index is 701. The normalized spacial score (nSPS) is 11.9. The Kier molecular flexibility index (Phi) is 5.96. The van der Waals surface area contributed by atoms with Gasteiger partial charge in [-0.05, 0) is 18.1 Å². The van der Waals surface area contributed by atoms with Crippen LogP contribution in [0.1, 0.15) is 41.0 Å². The summed E-state index contributed by atoms with van der Waals surface area (Å²) >= 11 is 0. The van der Waals surface area contributed by atoms with E-state index >= 15 is 0 Å². The van der Waals surface area contributed by atoms with Gasteiger partial charge in [-0.15, -0.1) is 0 Å². The Hall–Kier alpha value is -2.81. The summed E-state index contributed by atoms with van der Waals surface area (Å²) in [6.45, 7) is 1.81. The lowest BCUT2D eigenvalue weighted by molar-refractivity contribution is -0.385. The number of aromatic amines is 1. The first kappa shape index (κ1) is 17.5. The van der Waals surface area contributed by atoms with Gasteiger partial charge in [0, 0.05) is 24.9 Å². The van der Waals surface area contributed by atoms with E-state index in [-0.39, 0.29) is 30.5 Å².